The summed E-state index contributed by atoms with van der Waals surface area (Å²) in [5, 5.41) is 7.92. The van der Waals surface area contributed by atoms with Crippen LogP contribution in [0.1, 0.15) is 38.6 Å². The van der Waals surface area contributed by atoms with Crippen molar-refractivity contribution in [2.24, 2.45) is 5.92 Å². The zero-order chi connectivity index (χ0) is 12.8. The van der Waals surface area contributed by atoms with Gasteiger partial charge in [0, 0.05) is 6.54 Å². The molecule has 1 atom stereocenters. The molecule has 1 rings (SSSR count). The summed E-state index contributed by atoms with van der Waals surface area (Å²) in [5.41, 5.74) is 2.53. The highest BCUT2D eigenvalue weighted by Gasteiger charge is 2.17. The molecule has 0 aliphatic rings. The first-order chi connectivity index (χ1) is 8.17. The number of nitrogens with zero attached hydrogens (tertiary/aromatic N) is 2. The van der Waals surface area contributed by atoms with Crippen LogP contribution in [0.4, 0.5) is 0 Å². The van der Waals surface area contributed by atoms with Crippen LogP contribution in [0.5, 0.6) is 0 Å². The Hall–Kier alpha value is -0.350. The third-order valence-corrected chi connectivity index (χ3v) is 4.16. The van der Waals surface area contributed by atoms with Gasteiger partial charge in [0.2, 0.25) is 0 Å². The summed E-state index contributed by atoms with van der Waals surface area (Å²) >= 11 is 3.71. The van der Waals surface area contributed by atoms with E-state index in [9.17, 15) is 0 Å². The molecular weight excluding hydrogens is 278 g/mol. The van der Waals surface area contributed by atoms with Gasteiger partial charge in [-0.15, -0.1) is 0 Å². The van der Waals surface area contributed by atoms with Crippen molar-refractivity contribution >= 4 is 15.9 Å². The molecule has 0 radical (unpaired) electrons. The van der Waals surface area contributed by atoms with Gasteiger partial charge < -0.3 is 5.32 Å². The molecule has 0 saturated carbocycles. The molecule has 1 aromatic rings. The summed E-state index contributed by atoms with van der Waals surface area (Å²) < 4.78 is 3.36. The van der Waals surface area contributed by atoms with Crippen molar-refractivity contribution in [3.8, 4) is 0 Å². The first kappa shape index (κ1) is 14.7. The van der Waals surface area contributed by atoms with Crippen LogP contribution in [0.3, 0.4) is 0 Å². The van der Waals surface area contributed by atoms with Crippen molar-refractivity contribution in [3.05, 3.63) is 15.9 Å². The number of nitrogens with one attached hydrogen (secondary N) is 1. The first-order valence-electron chi connectivity index (χ1n) is 6.56. The zero-order valence-corrected chi connectivity index (χ0v) is 13.0. The van der Waals surface area contributed by atoms with Crippen LogP contribution >= 0.6 is 15.9 Å². The van der Waals surface area contributed by atoms with E-state index in [1.807, 2.05) is 7.05 Å². The molecule has 0 bridgehead atoms. The lowest BCUT2D eigenvalue weighted by molar-refractivity contribution is 0.459. The fourth-order valence-electron chi connectivity index (χ4n) is 2.14. The number of aryl methyl sites for hydroxylation is 2. The number of halogens is 1. The molecule has 1 aromatic heterocycles. The highest BCUT2D eigenvalue weighted by atomic mass is 79.9. The minimum absolute atomic E-state index is 0.683. The third-order valence-electron chi connectivity index (χ3n) is 3.25. The zero-order valence-electron chi connectivity index (χ0n) is 11.4. The Kier molecular flexibility index (Phi) is 6.20. The molecule has 0 fully saturated rings. The van der Waals surface area contributed by atoms with Gasteiger partial charge >= 0.3 is 0 Å². The highest BCUT2D eigenvalue weighted by Crippen LogP contribution is 2.25. The molecule has 98 valence electrons. The molecule has 0 amide bonds. The van der Waals surface area contributed by atoms with Crippen molar-refractivity contribution in [2.75, 3.05) is 13.6 Å². The van der Waals surface area contributed by atoms with E-state index in [-0.39, 0.29) is 0 Å². The summed E-state index contributed by atoms with van der Waals surface area (Å²) in [6, 6.07) is 0. The molecule has 3 nitrogen and oxygen atoms in total. The maximum Gasteiger partial charge on any atom is 0.0766 e. The van der Waals surface area contributed by atoms with E-state index in [0.717, 1.165) is 25.9 Å². The normalized spacial score (nSPS) is 13.0. The van der Waals surface area contributed by atoms with Crippen molar-refractivity contribution in [2.45, 2.75) is 46.6 Å². The monoisotopic (exact) mass is 301 g/mol. The molecule has 0 spiro atoms. The lowest BCUT2D eigenvalue weighted by atomic mass is 10.00. The maximum absolute atomic E-state index is 4.64. The van der Waals surface area contributed by atoms with Gasteiger partial charge in [-0.1, -0.05) is 20.3 Å². The first-order valence-corrected chi connectivity index (χ1v) is 7.35. The summed E-state index contributed by atoms with van der Waals surface area (Å²) in [4.78, 5) is 0. The minimum atomic E-state index is 0.683. The van der Waals surface area contributed by atoms with Gasteiger partial charge in [-0.3, -0.25) is 4.68 Å². The number of rotatable bonds is 7. The SMILES string of the molecule is CCc1nn(CC)c(CC(CC)CNC)c1Br. The summed E-state index contributed by atoms with van der Waals surface area (Å²) in [5.74, 6) is 0.683. The Balaban J connectivity index is 2.91. The second-order valence-electron chi connectivity index (χ2n) is 4.41. The van der Waals surface area contributed by atoms with Crippen molar-refractivity contribution in [1.29, 1.82) is 0 Å². The maximum atomic E-state index is 4.64. The predicted molar refractivity (Wildman–Crippen MR) is 76.4 cm³/mol. The quantitative estimate of drug-likeness (QED) is 0.839. The Morgan fingerprint density at radius 2 is 2.06 bits per heavy atom. The van der Waals surface area contributed by atoms with E-state index in [1.165, 1.54) is 22.3 Å². The summed E-state index contributed by atoms with van der Waals surface area (Å²) in [7, 11) is 2.02. The standard InChI is InChI=1S/C13H24BrN3/c1-5-10(9-15-4)8-12-13(14)11(6-2)16-17(12)7-3/h10,15H,5-9H2,1-4H3. The fourth-order valence-corrected chi connectivity index (χ4v) is 2.86. The van der Waals surface area contributed by atoms with Crippen molar-refractivity contribution in [3.63, 3.8) is 0 Å². The van der Waals surface area contributed by atoms with E-state index in [1.54, 1.807) is 0 Å². The van der Waals surface area contributed by atoms with Crippen molar-refractivity contribution < 1.29 is 0 Å². The van der Waals surface area contributed by atoms with Gasteiger partial charge in [-0.2, -0.15) is 5.10 Å². The number of aromatic nitrogens is 2. The molecule has 1 heterocycles. The second-order valence-corrected chi connectivity index (χ2v) is 5.21. The van der Waals surface area contributed by atoms with Crippen LogP contribution in [0.25, 0.3) is 0 Å². The predicted octanol–water partition coefficient (Wildman–Crippen LogP) is 3.02. The van der Waals surface area contributed by atoms with E-state index in [0.29, 0.717) is 5.92 Å². The van der Waals surface area contributed by atoms with Crippen LogP contribution < -0.4 is 5.32 Å². The van der Waals surface area contributed by atoms with Gasteiger partial charge in [-0.05, 0) is 55.2 Å². The lowest BCUT2D eigenvalue weighted by Crippen LogP contribution is -2.21. The van der Waals surface area contributed by atoms with Crippen LogP contribution in [-0.4, -0.2) is 23.4 Å². The Labute approximate surface area is 113 Å². The molecule has 0 aliphatic heterocycles. The average Bonchev–Trinajstić information content (AvgIpc) is 2.65. The van der Waals surface area contributed by atoms with E-state index in [4.69, 9.17) is 0 Å². The molecule has 17 heavy (non-hydrogen) atoms. The van der Waals surface area contributed by atoms with Gasteiger partial charge in [0.05, 0.1) is 15.9 Å². The van der Waals surface area contributed by atoms with Crippen LogP contribution in [0.15, 0.2) is 4.47 Å². The lowest BCUT2D eigenvalue weighted by Gasteiger charge is -2.15. The second kappa shape index (κ2) is 7.17. The molecule has 1 N–H and O–H groups in total. The smallest absolute Gasteiger partial charge is 0.0766 e. The van der Waals surface area contributed by atoms with E-state index >= 15 is 0 Å². The highest BCUT2D eigenvalue weighted by molar-refractivity contribution is 9.10. The largest absolute Gasteiger partial charge is 0.319 e. The molecule has 4 heteroatoms. The topological polar surface area (TPSA) is 29.9 Å². The van der Waals surface area contributed by atoms with E-state index in [2.05, 4.69) is 51.8 Å². The molecule has 0 aromatic carbocycles. The van der Waals surface area contributed by atoms with Crippen LogP contribution in [-0.2, 0) is 19.4 Å². The fraction of sp³-hybridized carbons (Fsp3) is 0.769. The Bertz CT molecular complexity index is 347. The van der Waals surface area contributed by atoms with E-state index < -0.39 is 0 Å². The Morgan fingerprint density at radius 1 is 1.35 bits per heavy atom. The number of hydrogen-bond donors (Lipinski definition) is 1. The van der Waals surface area contributed by atoms with Crippen molar-refractivity contribution in [1.82, 2.24) is 15.1 Å². The summed E-state index contributed by atoms with van der Waals surface area (Å²) in [6.45, 7) is 8.58. The van der Waals surface area contributed by atoms with Gasteiger partial charge in [0.25, 0.3) is 0 Å². The van der Waals surface area contributed by atoms with Crippen LogP contribution in [0, 0.1) is 5.92 Å². The van der Waals surface area contributed by atoms with Gasteiger partial charge in [0.1, 0.15) is 0 Å². The Morgan fingerprint density at radius 3 is 2.53 bits per heavy atom. The number of hydrogen-bond acceptors (Lipinski definition) is 2. The molecule has 0 saturated heterocycles. The molecule has 0 aliphatic carbocycles. The third kappa shape index (κ3) is 3.55. The van der Waals surface area contributed by atoms with Crippen LogP contribution in [0.2, 0.25) is 0 Å². The van der Waals surface area contributed by atoms with Gasteiger partial charge in [-0.25, -0.2) is 0 Å². The average molecular weight is 302 g/mol. The minimum Gasteiger partial charge on any atom is -0.319 e. The van der Waals surface area contributed by atoms with Gasteiger partial charge in [0.15, 0.2) is 0 Å². The molecular formula is C13H24BrN3. The molecule has 1 unspecified atom stereocenters. The summed E-state index contributed by atoms with van der Waals surface area (Å²) in [6.07, 6.45) is 3.28.